The van der Waals surface area contributed by atoms with Gasteiger partial charge in [0.05, 0.1) is 12.1 Å². The van der Waals surface area contributed by atoms with Crippen molar-refractivity contribution in [2.24, 2.45) is 5.73 Å². The summed E-state index contributed by atoms with van der Waals surface area (Å²) in [4.78, 5) is 11.1. The summed E-state index contributed by atoms with van der Waals surface area (Å²) >= 11 is 0. The Hall–Kier alpha value is -1.34. The topological polar surface area (TPSA) is 78.9 Å². The molecule has 1 amide bonds. The van der Waals surface area contributed by atoms with Gasteiger partial charge in [0.25, 0.3) is 0 Å². The molecule has 0 heterocycles. The van der Waals surface area contributed by atoms with E-state index < -0.39 is 6.04 Å². The summed E-state index contributed by atoms with van der Waals surface area (Å²) < 4.78 is 0. The van der Waals surface area contributed by atoms with Gasteiger partial charge < -0.3 is 11.1 Å². The Balaban J connectivity index is 3.50. The fourth-order valence-corrected chi connectivity index (χ4v) is 0.797. The van der Waals surface area contributed by atoms with Gasteiger partial charge in [-0.3, -0.25) is 4.79 Å². The average Bonchev–Trinajstić information content (AvgIpc) is 2.12. The van der Waals surface area contributed by atoms with Crippen LogP contribution in [0.3, 0.4) is 0 Å². The second-order valence-corrected chi connectivity index (χ2v) is 2.68. The Labute approximate surface area is 78.4 Å². The highest BCUT2D eigenvalue weighted by atomic mass is 16.2. The molecule has 13 heavy (non-hydrogen) atoms. The van der Waals surface area contributed by atoms with Crippen molar-refractivity contribution in [2.75, 3.05) is 6.54 Å². The molecule has 0 radical (unpaired) electrons. The molecule has 0 spiro atoms. The SMILES string of the molecule is C=CCC(N)C(=O)NCCCC#N. The highest BCUT2D eigenvalue weighted by Gasteiger charge is 2.09. The maximum atomic E-state index is 11.1. The van der Waals surface area contributed by atoms with E-state index in [4.69, 9.17) is 11.0 Å². The van der Waals surface area contributed by atoms with Crippen LogP contribution in [-0.4, -0.2) is 18.5 Å². The zero-order valence-electron chi connectivity index (χ0n) is 7.62. The van der Waals surface area contributed by atoms with Crippen LogP contribution in [-0.2, 0) is 4.79 Å². The van der Waals surface area contributed by atoms with E-state index in [1.807, 2.05) is 6.07 Å². The molecule has 0 fully saturated rings. The zero-order chi connectivity index (χ0) is 10.1. The van der Waals surface area contributed by atoms with Crippen LogP contribution in [0.2, 0.25) is 0 Å². The summed E-state index contributed by atoms with van der Waals surface area (Å²) in [5, 5.41) is 10.9. The van der Waals surface area contributed by atoms with Crippen LogP contribution in [0.1, 0.15) is 19.3 Å². The first-order valence-corrected chi connectivity index (χ1v) is 4.23. The molecule has 72 valence electrons. The highest BCUT2D eigenvalue weighted by molar-refractivity contribution is 5.81. The van der Waals surface area contributed by atoms with Crippen molar-refractivity contribution < 1.29 is 4.79 Å². The van der Waals surface area contributed by atoms with E-state index in [1.54, 1.807) is 6.08 Å². The summed E-state index contributed by atoms with van der Waals surface area (Å²) in [6.07, 6.45) is 3.21. The molecule has 0 aliphatic rings. The number of unbranched alkanes of at least 4 members (excludes halogenated alkanes) is 1. The lowest BCUT2D eigenvalue weighted by molar-refractivity contribution is -0.122. The standard InChI is InChI=1S/C9H15N3O/c1-2-5-8(11)9(13)12-7-4-3-6-10/h2,8H,1,3-5,7,11H2,(H,12,13). The number of nitriles is 1. The van der Waals surface area contributed by atoms with Gasteiger partial charge in [-0.05, 0) is 12.8 Å². The fraction of sp³-hybridized carbons (Fsp3) is 0.556. The Morgan fingerprint density at radius 3 is 3.00 bits per heavy atom. The molecular weight excluding hydrogens is 166 g/mol. The van der Waals surface area contributed by atoms with Crippen molar-refractivity contribution >= 4 is 5.91 Å². The van der Waals surface area contributed by atoms with Crippen LogP contribution in [0.15, 0.2) is 12.7 Å². The summed E-state index contributed by atoms with van der Waals surface area (Å²) in [5.74, 6) is -0.183. The molecule has 4 heteroatoms. The van der Waals surface area contributed by atoms with Crippen molar-refractivity contribution in [2.45, 2.75) is 25.3 Å². The molecule has 1 unspecified atom stereocenters. The number of hydrogen-bond donors (Lipinski definition) is 2. The number of nitrogens with zero attached hydrogens (tertiary/aromatic N) is 1. The quantitative estimate of drug-likeness (QED) is 0.457. The minimum absolute atomic E-state index is 0.183. The summed E-state index contributed by atoms with van der Waals surface area (Å²) in [6.45, 7) is 4.00. The fourth-order valence-electron chi connectivity index (χ4n) is 0.797. The Kier molecular flexibility index (Phi) is 6.56. The van der Waals surface area contributed by atoms with Gasteiger partial charge in [-0.25, -0.2) is 0 Å². The van der Waals surface area contributed by atoms with Gasteiger partial charge in [0, 0.05) is 13.0 Å². The molecule has 0 aliphatic heterocycles. The molecular formula is C9H15N3O. The molecule has 0 saturated carbocycles. The molecule has 0 aliphatic carbocycles. The first-order valence-electron chi connectivity index (χ1n) is 4.23. The van der Waals surface area contributed by atoms with Gasteiger partial charge in [-0.15, -0.1) is 6.58 Å². The van der Waals surface area contributed by atoms with Gasteiger partial charge in [0.2, 0.25) is 5.91 Å². The Bertz CT molecular complexity index is 207. The summed E-state index contributed by atoms with van der Waals surface area (Å²) in [5.41, 5.74) is 5.49. The zero-order valence-corrected chi connectivity index (χ0v) is 7.62. The third-order valence-corrected chi connectivity index (χ3v) is 1.52. The van der Waals surface area contributed by atoms with Crippen LogP contribution in [0.25, 0.3) is 0 Å². The minimum Gasteiger partial charge on any atom is -0.355 e. The predicted octanol–water partition coefficient (Wildman–Crippen LogP) is 0.310. The van der Waals surface area contributed by atoms with Gasteiger partial charge in [-0.2, -0.15) is 5.26 Å². The smallest absolute Gasteiger partial charge is 0.237 e. The average molecular weight is 181 g/mol. The van der Waals surface area contributed by atoms with Crippen LogP contribution in [0.5, 0.6) is 0 Å². The van der Waals surface area contributed by atoms with Crippen LogP contribution in [0, 0.1) is 11.3 Å². The van der Waals surface area contributed by atoms with Gasteiger partial charge in [-0.1, -0.05) is 6.08 Å². The molecule has 0 rings (SSSR count). The molecule has 0 aromatic heterocycles. The molecule has 0 aromatic rings. The van der Waals surface area contributed by atoms with Crippen LogP contribution < -0.4 is 11.1 Å². The number of nitrogens with two attached hydrogens (primary N) is 1. The number of hydrogen-bond acceptors (Lipinski definition) is 3. The second-order valence-electron chi connectivity index (χ2n) is 2.68. The lowest BCUT2D eigenvalue weighted by Crippen LogP contribution is -2.40. The van der Waals surface area contributed by atoms with Gasteiger partial charge in [0.1, 0.15) is 0 Å². The molecule has 4 nitrogen and oxygen atoms in total. The van der Waals surface area contributed by atoms with Gasteiger partial charge >= 0.3 is 0 Å². The molecule has 0 bridgehead atoms. The first-order chi connectivity index (χ1) is 6.22. The van der Waals surface area contributed by atoms with E-state index in [-0.39, 0.29) is 5.91 Å². The normalized spacial score (nSPS) is 11.4. The van der Waals surface area contributed by atoms with E-state index in [9.17, 15) is 4.79 Å². The third kappa shape index (κ3) is 5.88. The van der Waals surface area contributed by atoms with E-state index in [1.165, 1.54) is 0 Å². The highest BCUT2D eigenvalue weighted by Crippen LogP contribution is 1.89. The third-order valence-electron chi connectivity index (χ3n) is 1.52. The Morgan fingerprint density at radius 2 is 2.46 bits per heavy atom. The molecule has 0 saturated heterocycles. The maximum Gasteiger partial charge on any atom is 0.237 e. The largest absolute Gasteiger partial charge is 0.355 e. The number of carbonyl (C=O) groups is 1. The molecule has 1 atom stereocenters. The lowest BCUT2D eigenvalue weighted by atomic mass is 10.2. The molecule has 0 aromatic carbocycles. The number of rotatable bonds is 6. The van der Waals surface area contributed by atoms with E-state index in [0.717, 1.165) is 0 Å². The Morgan fingerprint density at radius 1 is 1.77 bits per heavy atom. The van der Waals surface area contributed by atoms with Crippen molar-refractivity contribution in [3.8, 4) is 6.07 Å². The van der Waals surface area contributed by atoms with E-state index in [0.29, 0.717) is 25.8 Å². The first kappa shape index (κ1) is 11.7. The van der Waals surface area contributed by atoms with Gasteiger partial charge in [0.15, 0.2) is 0 Å². The minimum atomic E-state index is -0.514. The number of nitrogens with one attached hydrogen (secondary N) is 1. The summed E-state index contributed by atoms with van der Waals surface area (Å²) in [7, 11) is 0. The van der Waals surface area contributed by atoms with Crippen molar-refractivity contribution in [3.63, 3.8) is 0 Å². The van der Waals surface area contributed by atoms with Crippen molar-refractivity contribution in [1.82, 2.24) is 5.32 Å². The predicted molar refractivity (Wildman–Crippen MR) is 50.6 cm³/mol. The van der Waals surface area contributed by atoms with E-state index in [2.05, 4.69) is 11.9 Å². The van der Waals surface area contributed by atoms with Crippen molar-refractivity contribution in [3.05, 3.63) is 12.7 Å². The maximum absolute atomic E-state index is 11.1. The second kappa shape index (κ2) is 7.32. The number of amides is 1. The van der Waals surface area contributed by atoms with Crippen molar-refractivity contribution in [1.29, 1.82) is 5.26 Å². The monoisotopic (exact) mass is 181 g/mol. The number of carbonyl (C=O) groups excluding carboxylic acids is 1. The molecule has 3 N–H and O–H groups in total. The van der Waals surface area contributed by atoms with Crippen LogP contribution >= 0.6 is 0 Å². The van der Waals surface area contributed by atoms with E-state index >= 15 is 0 Å². The summed E-state index contributed by atoms with van der Waals surface area (Å²) in [6, 6.07) is 1.48. The lowest BCUT2D eigenvalue weighted by Gasteiger charge is -2.08. The van der Waals surface area contributed by atoms with Crippen LogP contribution in [0.4, 0.5) is 0 Å².